The van der Waals surface area contributed by atoms with Crippen LogP contribution in [0.5, 0.6) is 0 Å². The lowest BCUT2D eigenvalue weighted by Gasteiger charge is -2.11. The van der Waals surface area contributed by atoms with Gasteiger partial charge >= 0.3 is 0 Å². The second-order valence-corrected chi connectivity index (χ2v) is 4.43. The molecule has 2 amide bonds. The van der Waals surface area contributed by atoms with E-state index in [-0.39, 0.29) is 23.9 Å². The molecule has 102 valence electrons. The molecule has 0 spiro atoms. The molecule has 1 aromatic carbocycles. The second-order valence-electron chi connectivity index (χ2n) is 4.43. The monoisotopic (exact) mass is 262 g/mol. The van der Waals surface area contributed by atoms with E-state index in [0.29, 0.717) is 12.8 Å². The molecule has 1 aliphatic rings. The summed E-state index contributed by atoms with van der Waals surface area (Å²) in [6, 6.07) is 9.65. The Morgan fingerprint density at radius 2 is 1.95 bits per heavy atom. The quantitative estimate of drug-likeness (QED) is 0.585. The fourth-order valence-electron chi connectivity index (χ4n) is 1.94. The molecule has 1 heterocycles. The smallest absolute Gasteiger partial charge is 0.256 e. The number of hydrazine groups is 2. The van der Waals surface area contributed by atoms with E-state index in [1.165, 1.54) is 0 Å². The molecule has 0 saturated carbocycles. The minimum absolute atomic E-state index is 0.0961. The largest absolute Gasteiger partial charge is 0.273 e. The van der Waals surface area contributed by atoms with E-state index in [2.05, 4.69) is 21.7 Å². The molecular formula is C13H18N4O2. The van der Waals surface area contributed by atoms with Gasteiger partial charge in [-0.1, -0.05) is 37.3 Å². The van der Waals surface area contributed by atoms with E-state index < -0.39 is 0 Å². The molecule has 0 aliphatic carbocycles. The van der Waals surface area contributed by atoms with Crippen LogP contribution in [-0.2, 0) is 9.59 Å². The zero-order chi connectivity index (χ0) is 13.7. The lowest BCUT2D eigenvalue weighted by atomic mass is 10.0. The van der Waals surface area contributed by atoms with Crippen molar-refractivity contribution in [3.63, 3.8) is 0 Å². The molecule has 2 atom stereocenters. The highest BCUT2D eigenvalue weighted by Gasteiger charge is 2.30. The molecule has 2 rings (SSSR count). The molecule has 6 nitrogen and oxygen atoms in total. The SMILES string of the molecule is CCC(=O)NNC(=O)C1CC(c2ccccc2)NN1. The zero-order valence-electron chi connectivity index (χ0n) is 10.8. The fraction of sp³-hybridized carbons (Fsp3) is 0.385. The van der Waals surface area contributed by atoms with E-state index in [9.17, 15) is 9.59 Å². The van der Waals surface area contributed by atoms with Crippen LogP contribution >= 0.6 is 0 Å². The molecule has 6 heteroatoms. The number of nitrogens with one attached hydrogen (secondary N) is 4. The van der Waals surface area contributed by atoms with Crippen LogP contribution in [0.2, 0.25) is 0 Å². The molecular weight excluding hydrogens is 244 g/mol. The Hall–Kier alpha value is -1.92. The van der Waals surface area contributed by atoms with Gasteiger partial charge in [0, 0.05) is 12.5 Å². The van der Waals surface area contributed by atoms with Crippen LogP contribution < -0.4 is 21.7 Å². The van der Waals surface area contributed by atoms with Gasteiger partial charge < -0.3 is 0 Å². The molecule has 4 N–H and O–H groups in total. The summed E-state index contributed by atoms with van der Waals surface area (Å²) in [6.45, 7) is 1.72. The molecule has 1 aliphatic heterocycles. The maximum atomic E-state index is 11.8. The standard InChI is InChI=1S/C13H18N4O2/c1-2-12(18)16-17-13(19)11-8-10(14-15-11)9-6-4-3-5-7-9/h3-7,10-11,14-15H,2,8H2,1H3,(H,16,18)(H,17,19). The van der Waals surface area contributed by atoms with Crippen LogP contribution in [0.25, 0.3) is 0 Å². The highest BCUT2D eigenvalue weighted by atomic mass is 16.2. The average Bonchev–Trinajstić information content (AvgIpc) is 2.95. The van der Waals surface area contributed by atoms with Crippen LogP contribution in [0.3, 0.4) is 0 Å². The van der Waals surface area contributed by atoms with Crippen LogP contribution in [-0.4, -0.2) is 17.9 Å². The van der Waals surface area contributed by atoms with E-state index >= 15 is 0 Å². The van der Waals surface area contributed by atoms with Gasteiger partial charge in [0.15, 0.2) is 0 Å². The lowest BCUT2D eigenvalue weighted by molar-refractivity contribution is -0.129. The molecule has 19 heavy (non-hydrogen) atoms. The van der Waals surface area contributed by atoms with Gasteiger partial charge in [0.25, 0.3) is 5.91 Å². The normalized spacial score (nSPS) is 21.9. The third-order valence-corrected chi connectivity index (χ3v) is 3.07. The number of hydrogen-bond acceptors (Lipinski definition) is 4. The first kappa shape index (κ1) is 13.5. The third kappa shape index (κ3) is 3.52. The molecule has 1 saturated heterocycles. The Kier molecular flexibility index (Phi) is 4.48. The predicted molar refractivity (Wildman–Crippen MR) is 70.4 cm³/mol. The molecule has 0 radical (unpaired) electrons. The van der Waals surface area contributed by atoms with Gasteiger partial charge in [0.05, 0.1) is 0 Å². The molecule has 1 fully saturated rings. The van der Waals surface area contributed by atoms with E-state index in [1.807, 2.05) is 30.3 Å². The van der Waals surface area contributed by atoms with Crippen molar-refractivity contribution in [2.24, 2.45) is 0 Å². The summed E-state index contributed by atoms with van der Waals surface area (Å²) in [4.78, 5) is 22.9. The Labute approximate surface area is 111 Å². The van der Waals surface area contributed by atoms with Crippen molar-refractivity contribution in [3.8, 4) is 0 Å². The number of carbonyl (C=O) groups excluding carboxylic acids is 2. The predicted octanol–water partition coefficient (Wildman–Crippen LogP) is 0.152. The van der Waals surface area contributed by atoms with E-state index in [0.717, 1.165) is 5.56 Å². The highest BCUT2D eigenvalue weighted by Crippen LogP contribution is 2.21. The number of carbonyl (C=O) groups is 2. The van der Waals surface area contributed by atoms with E-state index in [4.69, 9.17) is 0 Å². The van der Waals surface area contributed by atoms with Gasteiger partial charge in [0.2, 0.25) is 5.91 Å². The summed E-state index contributed by atoms with van der Waals surface area (Å²) in [5, 5.41) is 0. The summed E-state index contributed by atoms with van der Waals surface area (Å²) in [5.74, 6) is -0.452. The number of benzene rings is 1. The first-order chi connectivity index (χ1) is 9.20. The lowest BCUT2D eigenvalue weighted by Crippen LogP contribution is -2.50. The van der Waals surface area contributed by atoms with Crippen molar-refractivity contribution in [2.45, 2.75) is 31.8 Å². The minimum Gasteiger partial charge on any atom is -0.273 e. The van der Waals surface area contributed by atoms with Gasteiger partial charge in [-0.15, -0.1) is 0 Å². The number of rotatable bonds is 3. The summed E-state index contributed by atoms with van der Waals surface area (Å²) in [7, 11) is 0. The summed E-state index contributed by atoms with van der Waals surface area (Å²) < 4.78 is 0. The average molecular weight is 262 g/mol. The fourth-order valence-corrected chi connectivity index (χ4v) is 1.94. The minimum atomic E-state index is -0.359. The van der Waals surface area contributed by atoms with Gasteiger partial charge in [-0.3, -0.25) is 20.4 Å². The van der Waals surface area contributed by atoms with Crippen molar-refractivity contribution in [2.75, 3.05) is 0 Å². The molecule has 1 aromatic rings. The van der Waals surface area contributed by atoms with Crippen LogP contribution in [0.4, 0.5) is 0 Å². The van der Waals surface area contributed by atoms with Crippen LogP contribution in [0.1, 0.15) is 31.4 Å². The molecule has 2 unspecified atom stereocenters. The van der Waals surface area contributed by atoms with Crippen LogP contribution in [0.15, 0.2) is 30.3 Å². The summed E-state index contributed by atoms with van der Waals surface area (Å²) in [6.07, 6.45) is 0.973. The Morgan fingerprint density at radius 1 is 1.21 bits per heavy atom. The Morgan fingerprint density at radius 3 is 2.63 bits per heavy atom. The third-order valence-electron chi connectivity index (χ3n) is 3.07. The van der Waals surface area contributed by atoms with Crippen molar-refractivity contribution in [3.05, 3.63) is 35.9 Å². The number of hydrogen-bond donors (Lipinski definition) is 4. The zero-order valence-corrected chi connectivity index (χ0v) is 10.8. The maximum absolute atomic E-state index is 11.8. The van der Waals surface area contributed by atoms with E-state index in [1.54, 1.807) is 6.92 Å². The van der Waals surface area contributed by atoms with Crippen molar-refractivity contribution >= 4 is 11.8 Å². The first-order valence-corrected chi connectivity index (χ1v) is 6.35. The summed E-state index contributed by atoms with van der Waals surface area (Å²) in [5.41, 5.74) is 11.9. The Balaban J connectivity index is 1.85. The molecule has 0 aromatic heterocycles. The van der Waals surface area contributed by atoms with Crippen molar-refractivity contribution in [1.29, 1.82) is 0 Å². The number of amides is 2. The van der Waals surface area contributed by atoms with Crippen LogP contribution in [0, 0.1) is 0 Å². The summed E-state index contributed by atoms with van der Waals surface area (Å²) >= 11 is 0. The molecule has 0 bridgehead atoms. The highest BCUT2D eigenvalue weighted by molar-refractivity contribution is 5.85. The van der Waals surface area contributed by atoms with Gasteiger partial charge in [-0.05, 0) is 12.0 Å². The van der Waals surface area contributed by atoms with Gasteiger partial charge in [-0.2, -0.15) is 0 Å². The maximum Gasteiger partial charge on any atom is 0.256 e. The van der Waals surface area contributed by atoms with Crippen molar-refractivity contribution < 1.29 is 9.59 Å². The Bertz CT molecular complexity index is 449. The van der Waals surface area contributed by atoms with Crippen molar-refractivity contribution in [1.82, 2.24) is 21.7 Å². The topological polar surface area (TPSA) is 82.3 Å². The first-order valence-electron chi connectivity index (χ1n) is 6.35. The van der Waals surface area contributed by atoms with Gasteiger partial charge in [-0.25, -0.2) is 10.9 Å². The van der Waals surface area contributed by atoms with Gasteiger partial charge in [0.1, 0.15) is 6.04 Å². The second kappa shape index (κ2) is 6.31.